The van der Waals surface area contributed by atoms with E-state index in [2.05, 4.69) is 4.18 Å². The second-order valence-electron chi connectivity index (χ2n) is 0.963. The summed E-state index contributed by atoms with van der Waals surface area (Å²) in [5, 5.41) is 0. The summed E-state index contributed by atoms with van der Waals surface area (Å²) in [6.45, 7) is 0.417. The Labute approximate surface area is 45.5 Å². The van der Waals surface area contributed by atoms with Gasteiger partial charge in [-0.15, -0.1) is 0 Å². The van der Waals surface area contributed by atoms with Crippen LogP contribution in [0, 0.1) is 0 Å². The molecule has 0 bridgehead atoms. The van der Waals surface area contributed by atoms with Gasteiger partial charge in [-0.05, 0) is 0 Å². The molecule has 0 aromatic rings. The Morgan fingerprint density at radius 3 is 2.57 bits per heavy atom. The summed E-state index contributed by atoms with van der Waals surface area (Å²) in [5.41, 5.74) is 5.03. The van der Waals surface area contributed by atoms with E-state index in [0.717, 1.165) is 0 Å². The van der Waals surface area contributed by atoms with E-state index in [1.165, 1.54) is 7.11 Å². The van der Waals surface area contributed by atoms with Gasteiger partial charge in [0.15, 0.2) is 11.1 Å². The maximum atomic E-state index is 10.2. The van der Waals surface area contributed by atoms with Crippen LogP contribution in [-0.2, 0) is 15.3 Å². The Balaban J connectivity index is 3.00. The highest BCUT2D eigenvalue weighted by Crippen LogP contribution is 1.76. The number of hydrogen-bond acceptors (Lipinski definition) is 3. The summed E-state index contributed by atoms with van der Waals surface area (Å²) in [6, 6.07) is 0. The molecular formula is C3H9NO2S. The molecule has 2 N–H and O–H groups in total. The first-order valence-corrected chi connectivity index (χ1v) is 3.18. The quantitative estimate of drug-likeness (QED) is 0.537. The summed E-state index contributed by atoms with van der Waals surface area (Å²) in [4.78, 5) is 0. The van der Waals surface area contributed by atoms with Gasteiger partial charge in [0.05, 0.1) is 12.9 Å². The highest BCUT2D eigenvalue weighted by atomic mass is 32.2. The number of rotatable bonds is 3. The largest absolute Gasteiger partial charge is 0.329 e. The monoisotopic (exact) mass is 123 g/mol. The lowest BCUT2D eigenvalue weighted by Gasteiger charge is -1.90. The van der Waals surface area contributed by atoms with Crippen molar-refractivity contribution < 1.29 is 8.39 Å². The molecule has 0 amide bonds. The van der Waals surface area contributed by atoms with Crippen LogP contribution in [0.3, 0.4) is 0 Å². The minimum absolute atomic E-state index is 0.417. The van der Waals surface area contributed by atoms with Crippen LogP contribution in [0.4, 0.5) is 0 Å². The fraction of sp³-hybridized carbons (Fsp3) is 1.00. The molecular weight excluding hydrogens is 114 g/mol. The molecule has 44 valence electrons. The Hall–Kier alpha value is 0.0700. The van der Waals surface area contributed by atoms with Gasteiger partial charge in [-0.2, -0.15) is 0 Å². The topological polar surface area (TPSA) is 52.3 Å². The van der Waals surface area contributed by atoms with Gasteiger partial charge >= 0.3 is 0 Å². The Kier molecular flexibility index (Phi) is 4.28. The molecule has 7 heavy (non-hydrogen) atoms. The Bertz CT molecular complexity index is 66.0. The van der Waals surface area contributed by atoms with Crippen LogP contribution in [0.1, 0.15) is 0 Å². The zero-order valence-electron chi connectivity index (χ0n) is 4.22. The standard InChI is InChI=1S/C3H9NO2S/c1-6-7(5)3-2-4/h2-4H2,1H3. The molecule has 0 aliphatic carbocycles. The molecule has 0 spiro atoms. The Morgan fingerprint density at radius 2 is 2.43 bits per heavy atom. The summed E-state index contributed by atoms with van der Waals surface area (Å²) >= 11 is -1.15. The van der Waals surface area contributed by atoms with E-state index >= 15 is 0 Å². The van der Waals surface area contributed by atoms with E-state index in [1.807, 2.05) is 0 Å². The summed E-state index contributed by atoms with van der Waals surface area (Å²) in [7, 11) is 1.39. The highest BCUT2D eigenvalue weighted by molar-refractivity contribution is 7.80. The van der Waals surface area contributed by atoms with Crippen molar-refractivity contribution in [1.82, 2.24) is 0 Å². The molecule has 0 rings (SSSR count). The van der Waals surface area contributed by atoms with E-state index < -0.39 is 11.1 Å². The second kappa shape index (κ2) is 4.23. The van der Waals surface area contributed by atoms with Crippen molar-refractivity contribution in [2.24, 2.45) is 5.73 Å². The van der Waals surface area contributed by atoms with E-state index in [9.17, 15) is 4.21 Å². The summed E-state index contributed by atoms with van der Waals surface area (Å²) < 4.78 is 14.6. The lowest BCUT2D eigenvalue weighted by molar-refractivity contribution is 0.446. The maximum absolute atomic E-state index is 10.2. The fourth-order valence-corrected chi connectivity index (χ4v) is 0.539. The summed E-state index contributed by atoms with van der Waals surface area (Å²) in [5.74, 6) is 0.427. The van der Waals surface area contributed by atoms with E-state index in [-0.39, 0.29) is 0 Å². The first-order chi connectivity index (χ1) is 3.31. The van der Waals surface area contributed by atoms with Crippen LogP contribution in [0.15, 0.2) is 0 Å². The fourth-order valence-electron chi connectivity index (χ4n) is 0.180. The Morgan fingerprint density at radius 1 is 1.86 bits per heavy atom. The van der Waals surface area contributed by atoms with Gasteiger partial charge in [0.1, 0.15) is 0 Å². The normalized spacial score (nSPS) is 14.0. The molecule has 1 unspecified atom stereocenters. The average Bonchev–Trinajstić information content (AvgIpc) is 1.68. The van der Waals surface area contributed by atoms with Crippen LogP contribution in [0.25, 0.3) is 0 Å². The average molecular weight is 123 g/mol. The molecule has 0 saturated heterocycles. The maximum Gasteiger partial charge on any atom is 0.156 e. The third-order valence-electron chi connectivity index (χ3n) is 0.470. The zero-order valence-corrected chi connectivity index (χ0v) is 5.03. The SMILES string of the molecule is COS(=O)CCN. The van der Waals surface area contributed by atoms with Gasteiger partial charge in [0.25, 0.3) is 0 Å². The smallest absolute Gasteiger partial charge is 0.156 e. The molecule has 0 heterocycles. The third-order valence-corrected chi connectivity index (χ3v) is 1.41. The number of nitrogens with two attached hydrogens (primary N) is 1. The minimum Gasteiger partial charge on any atom is -0.329 e. The van der Waals surface area contributed by atoms with Gasteiger partial charge in [0.2, 0.25) is 0 Å². The number of hydrogen-bond donors (Lipinski definition) is 1. The molecule has 0 aliphatic heterocycles. The van der Waals surface area contributed by atoms with Crippen LogP contribution >= 0.6 is 0 Å². The van der Waals surface area contributed by atoms with Gasteiger partial charge in [-0.1, -0.05) is 0 Å². The first kappa shape index (κ1) is 7.07. The van der Waals surface area contributed by atoms with Crippen molar-refractivity contribution in [3.63, 3.8) is 0 Å². The van der Waals surface area contributed by atoms with Crippen LogP contribution in [-0.4, -0.2) is 23.6 Å². The van der Waals surface area contributed by atoms with Crippen molar-refractivity contribution in [3.8, 4) is 0 Å². The van der Waals surface area contributed by atoms with Gasteiger partial charge in [0, 0.05) is 6.54 Å². The predicted octanol–water partition coefficient (Wildman–Crippen LogP) is -0.745. The second-order valence-corrected chi connectivity index (χ2v) is 2.31. The molecule has 3 nitrogen and oxygen atoms in total. The van der Waals surface area contributed by atoms with E-state index in [4.69, 9.17) is 5.73 Å². The van der Waals surface area contributed by atoms with Gasteiger partial charge < -0.3 is 5.73 Å². The molecule has 4 heteroatoms. The van der Waals surface area contributed by atoms with E-state index in [0.29, 0.717) is 12.3 Å². The highest BCUT2D eigenvalue weighted by Gasteiger charge is 1.89. The van der Waals surface area contributed by atoms with Crippen LogP contribution in [0.5, 0.6) is 0 Å². The minimum atomic E-state index is -1.15. The van der Waals surface area contributed by atoms with Crippen LogP contribution < -0.4 is 5.73 Å². The van der Waals surface area contributed by atoms with Gasteiger partial charge in [-0.3, -0.25) is 4.18 Å². The first-order valence-electron chi connectivity index (χ1n) is 1.94. The summed E-state index contributed by atoms with van der Waals surface area (Å²) in [6.07, 6.45) is 0. The predicted molar refractivity (Wildman–Crippen MR) is 29.1 cm³/mol. The van der Waals surface area contributed by atoms with Crippen LogP contribution in [0.2, 0.25) is 0 Å². The van der Waals surface area contributed by atoms with Crippen molar-refractivity contribution in [1.29, 1.82) is 0 Å². The molecule has 0 aliphatic rings. The van der Waals surface area contributed by atoms with Crippen molar-refractivity contribution in [2.45, 2.75) is 0 Å². The lowest BCUT2D eigenvalue weighted by atomic mass is 10.8. The zero-order chi connectivity index (χ0) is 5.70. The third kappa shape index (κ3) is 3.91. The molecule has 0 radical (unpaired) electrons. The lowest BCUT2D eigenvalue weighted by Crippen LogP contribution is -2.10. The molecule has 0 fully saturated rings. The van der Waals surface area contributed by atoms with Crippen molar-refractivity contribution in [2.75, 3.05) is 19.4 Å². The van der Waals surface area contributed by atoms with E-state index in [1.54, 1.807) is 0 Å². The molecule has 0 aromatic heterocycles. The van der Waals surface area contributed by atoms with Crippen molar-refractivity contribution in [3.05, 3.63) is 0 Å². The van der Waals surface area contributed by atoms with Crippen molar-refractivity contribution >= 4 is 11.1 Å². The molecule has 1 atom stereocenters. The molecule has 0 aromatic carbocycles. The van der Waals surface area contributed by atoms with Gasteiger partial charge in [-0.25, -0.2) is 4.21 Å². The molecule has 0 saturated carbocycles.